The maximum Gasteiger partial charge on any atom is 0.410 e. The predicted octanol–water partition coefficient (Wildman–Crippen LogP) is 2.35. The molecule has 1 aliphatic heterocycles. The highest BCUT2D eigenvalue weighted by Crippen LogP contribution is 2.28. The molecular formula is C17H29N5O2. The molecular weight excluding hydrogens is 306 g/mol. The molecule has 0 spiro atoms. The number of carbonyl (C=O) groups is 1. The summed E-state index contributed by atoms with van der Waals surface area (Å²) < 4.78 is 5.50. The van der Waals surface area contributed by atoms with Crippen LogP contribution in [-0.2, 0) is 11.3 Å². The van der Waals surface area contributed by atoms with Gasteiger partial charge in [-0.25, -0.2) is 14.8 Å². The number of ether oxygens (including phenoxy) is 1. The van der Waals surface area contributed by atoms with Crippen molar-refractivity contribution in [1.82, 2.24) is 20.2 Å². The van der Waals surface area contributed by atoms with Crippen LogP contribution >= 0.6 is 0 Å². The van der Waals surface area contributed by atoms with Crippen LogP contribution in [0.25, 0.3) is 0 Å². The highest BCUT2D eigenvalue weighted by molar-refractivity contribution is 5.68. The molecule has 1 aromatic heterocycles. The third-order valence-electron chi connectivity index (χ3n) is 3.87. The molecule has 0 aromatic carbocycles. The first-order valence-electron chi connectivity index (χ1n) is 8.50. The van der Waals surface area contributed by atoms with Crippen molar-refractivity contribution in [3.05, 3.63) is 17.6 Å². The van der Waals surface area contributed by atoms with Crippen LogP contribution in [0.15, 0.2) is 6.07 Å². The average Bonchev–Trinajstić information content (AvgIpc) is 2.53. The van der Waals surface area contributed by atoms with Gasteiger partial charge in [-0.1, -0.05) is 0 Å². The number of likely N-dealkylation sites (tertiary alicyclic amines) is 1. The molecule has 0 bridgehead atoms. The van der Waals surface area contributed by atoms with Gasteiger partial charge >= 0.3 is 6.09 Å². The molecule has 1 fully saturated rings. The Kier molecular flexibility index (Phi) is 5.99. The number of anilines is 1. The van der Waals surface area contributed by atoms with Gasteiger partial charge in [0.25, 0.3) is 0 Å². The molecule has 2 N–H and O–H groups in total. The van der Waals surface area contributed by atoms with E-state index in [-0.39, 0.29) is 12.0 Å². The van der Waals surface area contributed by atoms with Gasteiger partial charge in [0.1, 0.15) is 17.2 Å². The second-order valence-electron chi connectivity index (χ2n) is 7.14. The van der Waals surface area contributed by atoms with Crippen LogP contribution in [0.3, 0.4) is 0 Å². The van der Waals surface area contributed by atoms with Gasteiger partial charge < -0.3 is 20.3 Å². The van der Waals surface area contributed by atoms with Gasteiger partial charge in [-0.3, -0.25) is 0 Å². The lowest BCUT2D eigenvalue weighted by atomic mass is 9.94. The van der Waals surface area contributed by atoms with Crippen molar-refractivity contribution in [3.63, 3.8) is 0 Å². The number of rotatable bonds is 4. The van der Waals surface area contributed by atoms with Crippen molar-refractivity contribution in [2.75, 3.05) is 32.5 Å². The van der Waals surface area contributed by atoms with E-state index in [1.54, 1.807) is 4.90 Å². The van der Waals surface area contributed by atoms with E-state index >= 15 is 0 Å². The zero-order chi connectivity index (χ0) is 17.7. The van der Waals surface area contributed by atoms with Crippen molar-refractivity contribution < 1.29 is 9.53 Å². The highest BCUT2D eigenvalue weighted by Gasteiger charge is 2.29. The largest absolute Gasteiger partial charge is 0.444 e. The zero-order valence-electron chi connectivity index (χ0n) is 15.3. The summed E-state index contributed by atoms with van der Waals surface area (Å²) in [6.45, 7) is 7.65. The van der Waals surface area contributed by atoms with E-state index < -0.39 is 5.60 Å². The molecule has 2 rings (SSSR count). The summed E-state index contributed by atoms with van der Waals surface area (Å²) in [5.74, 6) is 1.77. The Morgan fingerprint density at radius 3 is 2.75 bits per heavy atom. The van der Waals surface area contributed by atoms with E-state index in [2.05, 4.69) is 20.6 Å². The fourth-order valence-corrected chi connectivity index (χ4v) is 2.80. The summed E-state index contributed by atoms with van der Waals surface area (Å²) in [4.78, 5) is 23.2. The molecule has 1 amide bonds. The summed E-state index contributed by atoms with van der Waals surface area (Å²) in [6, 6.07) is 1.97. The molecule has 134 valence electrons. The Morgan fingerprint density at radius 2 is 2.12 bits per heavy atom. The van der Waals surface area contributed by atoms with E-state index in [1.165, 1.54) is 0 Å². The molecule has 1 saturated heterocycles. The number of aromatic nitrogens is 2. The minimum absolute atomic E-state index is 0.206. The maximum atomic E-state index is 12.3. The number of nitrogens with one attached hydrogen (secondary N) is 2. The van der Waals surface area contributed by atoms with Crippen molar-refractivity contribution >= 4 is 11.9 Å². The highest BCUT2D eigenvalue weighted by atomic mass is 16.6. The second-order valence-corrected chi connectivity index (χ2v) is 7.14. The monoisotopic (exact) mass is 335 g/mol. The molecule has 0 radical (unpaired) electrons. The molecule has 0 saturated carbocycles. The normalized spacial score (nSPS) is 18.4. The minimum Gasteiger partial charge on any atom is -0.444 e. The van der Waals surface area contributed by atoms with Gasteiger partial charge in [-0.15, -0.1) is 0 Å². The first-order valence-corrected chi connectivity index (χ1v) is 8.50. The van der Waals surface area contributed by atoms with E-state index in [0.717, 1.165) is 36.7 Å². The van der Waals surface area contributed by atoms with E-state index in [9.17, 15) is 4.79 Å². The Hall–Kier alpha value is -1.89. The quantitative estimate of drug-likeness (QED) is 0.879. The number of amides is 1. The second kappa shape index (κ2) is 7.79. The number of hydrogen-bond donors (Lipinski definition) is 2. The predicted molar refractivity (Wildman–Crippen MR) is 94.1 cm³/mol. The lowest BCUT2D eigenvalue weighted by Gasteiger charge is -2.34. The van der Waals surface area contributed by atoms with Crippen molar-refractivity contribution in [3.8, 4) is 0 Å². The van der Waals surface area contributed by atoms with Gasteiger partial charge in [0.15, 0.2) is 0 Å². The van der Waals surface area contributed by atoms with E-state index in [4.69, 9.17) is 4.74 Å². The standard InChI is InChI=1S/C17H29N5O2/c1-17(2,3)24-16(23)22-8-6-7-12(11-22)13-9-14(19-5)21-15(20-13)10-18-4/h9,12,18H,6-8,10-11H2,1-5H3,(H,19,20,21)/t12-/m0/s1. The first kappa shape index (κ1) is 18.4. The smallest absolute Gasteiger partial charge is 0.410 e. The molecule has 1 atom stereocenters. The van der Waals surface area contributed by atoms with Crippen LogP contribution in [0.5, 0.6) is 0 Å². The van der Waals surface area contributed by atoms with Crippen LogP contribution < -0.4 is 10.6 Å². The zero-order valence-corrected chi connectivity index (χ0v) is 15.3. The maximum absolute atomic E-state index is 12.3. The fourth-order valence-electron chi connectivity index (χ4n) is 2.80. The average molecular weight is 335 g/mol. The molecule has 1 aromatic rings. The molecule has 2 heterocycles. The van der Waals surface area contributed by atoms with Crippen molar-refractivity contribution in [2.24, 2.45) is 0 Å². The first-order chi connectivity index (χ1) is 11.3. The van der Waals surface area contributed by atoms with Gasteiger partial charge in [0, 0.05) is 32.1 Å². The molecule has 0 unspecified atom stereocenters. The Balaban J connectivity index is 2.14. The molecule has 7 heteroatoms. The molecule has 24 heavy (non-hydrogen) atoms. The number of hydrogen-bond acceptors (Lipinski definition) is 6. The molecule has 0 aliphatic carbocycles. The topological polar surface area (TPSA) is 79.4 Å². The van der Waals surface area contributed by atoms with Crippen LogP contribution in [0.4, 0.5) is 10.6 Å². The van der Waals surface area contributed by atoms with Gasteiger partial charge in [-0.2, -0.15) is 0 Å². The van der Waals surface area contributed by atoms with Gasteiger partial charge in [0.2, 0.25) is 0 Å². The molecule has 1 aliphatic rings. The summed E-state index contributed by atoms with van der Waals surface area (Å²) in [5, 5.41) is 6.17. The third kappa shape index (κ3) is 5.06. The SMILES string of the molecule is CNCc1nc(NC)cc([C@H]2CCCN(C(=O)OC(C)(C)C)C2)n1. The van der Waals surface area contributed by atoms with Crippen LogP contribution in [0, 0.1) is 0 Å². The van der Waals surface area contributed by atoms with Crippen LogP contribution in [0.2, 0.25) is 0 Å². The Morgan fingerprint density at radius 1 is 1.38 bits per heavy atom. The van der Waals surface area contributed by atoms with Gasteiger partial charge in [0.05, 0.1) is 12.2 Å². The lowest BCUT2D eigenvalue weighted by molar-refractivity contribution is 0.0197. The Bertz CT molecular complexity index is 571. The summed E-state index contributed by atoms with van der Waals surface area (Å²) in [6.07, 6.45) is 1.72. The summed E-state index contributed by atoms with van der Waals surface area (Å²) in [5.41, 5.74) is 0.505. The number of nitrogens with zero attached hydrogens (tertiary/aromatic N) is 3. The number of piperidine rings is 1. The van der Waals surface area contributed by atoms with Crippen molar-refractivity contribution in [2.45, 2.75) is 51.7 Å². The van der Waals surface area contributed by atoms with Crippen molar-refractivity contribution in [1.29, 1.82) is 0 Å². The molecule has 7 nitrogen and oxygen atoms in total. The van der Waals surface area contributed by atoms with E-state index in [1.807, 2.05) is 40.9 Å². The van der Waals surface area contributed by atoms with Crippen LogP contribution in [-0.4, -0.2) is 53.7 Å². The lowest BCUT2D eigenvalue weighted by Crippen LogP contribution is -2.42. The Labute approximate surface area is 144 Å². The minimum atomic E-state index is -0.474. The van der Waals surface area contributed by atoms with Gasteiger partial charge in [-0.05, 0) is 40.7 Å². The van der Waals surface area contributed by atoms with Crippen LogP contribution in [0.1, 0.15) is 51.0 Å². The summed E-state index contributed by atoms with van der Waals surface area (Å²) >= 11 is 0. The van der Waals surface area contributed by atoms with E-state index in [0.29, 0.717) is 13.1 Å². The number of carbonyl (C=O) groups excluding carboxylic acids is 1. The third-order valence-corrected chi connectivity index (χ3v) is 3.87. The summed E-state index contributed by atoms with van der Waals surface area (Å²) in [7, 11) is 3.73. The fraction of sp³-hybridized carbons (Fsp3) is 0.706.